The highest BCUT2D eigenvalue weighted by Gasteiger charge is 2.18. The van der Waals surface area contributed by atoms with Gasteiger partial charge in [-0.25, -0.2) is 8.42 Å². The molecule has 0 bridgehead atoms. The van der Waals surface area contributed by atoms with Gasteiger partial charge in [-0.2, -0.15) is 0 Å². The fourth-order valence-electron chi connectivity index (χ4n) is 2.46. The van der Waals surface area contributed by atoms with Crippen LogP contribution < -0.4 is 0 Å². The predicted molar refractivity (Wildman–Crippen MR) is 79.5 cm³/mol. The Morgan fingerprint density at radius 2 is 2.11 bits per heavy atom. The van der Waals surface area contributed by atoms with Gasteiger partial charge in [0.05, 0.1) is 11.9 Å². The van der Waals surface area contributed by atoms with Crippen LogP contribution in [-0.4, -0.2) is 25.0 Å². The van der Waals surface area contributed by atoms with E-state index in [4.69, 9.17) is 0 Å². The van der Waals surface area contributed by atoms with Crippen LogP contribution in [0.1, 0.15) is 54.0 Å². The smallest absolute Gasteiger partial charge is 0.150 e. The molecular weight excluding hydrogens is 280 g/mol. The molecule has 0 fully saturated rings. The van der Waals surface area contributed by atoms with E-state index in [2.05, 4.69) is 6.07 Å². The van der Waals surface area contributed by atoms with Gasteiger partial charge in [-0.05, 0) is 50.2 Å². The normalized spacial score (nSPS) is 17.2. The van der Waals surface area contributed by atoms with Gasteiger partial charge in [0.1, 0.15) is 9.84 Å². The number of fused-ring (bicyclic) bond motifs is 1. The van der Waals surface area contributed by atoms with Crippen LogP contribution in [0.25, 0.3) is 0 Å². The molecule has 0 aliphatic heterocycles. The number of aliphatic hydroxyl groups excluding tert-OH is 1. The van der Waals surface area contributed by atoms with Gasteiger partial charge in [0.15, 0.2) is 0 Å². The molecule has 1 N–H and O–H groups in total. The maximum atomic E-state index is 11.4. The van der Waals surface area contributed by atoms with Crippen molar-refractivity contribution in [1.82, 2.24) is 0 Å². The van der Waals surface area contributed by atoms with Crippen molar-refractivity contribution < 1.29 is 13.5 Å². The fourth-order valence-corrected chi connectivity index (χ4v) is 4.63. The molecule has 1 aromatic heterocycles. The van der Waals surface area contributed by atoms with Crippen molar-refractivity contribution in [2.45, 2.75) is 51.6 Å². The first-order valence-corrected chi connectivity index (χ1v) is 9.65. The number of aryl methyl sites for hydroxylation is 2. The first kappa shape index (κ1) is 15.0. The van der Waals surface area contributed by atoms with E-state index in [1.807, 2.05) is 0 Å². The third kappa shape index (κ3) is 4.04. The summed E-state index contributed by atoms with van der Waals surface area (Å²) in [5.41, 5.74) is 1.39. The van der Waals surface area contributed by atoms with Gasteiger partial charge in [-0.1, -0.05) is 6.92 Å². The van der Waals surface area contributed by atoms with Crippen molar-refractivity contribution >= 4 is 21.2 Å². The summed E-state index contributed by atoms with van der Waals surface area (Å²) in [7, 11) is -2.91. The molecule has 0 saturated heterocycles. The topological polar surface area (TPSA) is 54.4 Å². The molecule has 108 valence electrons. The summed E-state index contributed by atoms with van der Waals surface area (Å²) in [5.74, 6) is 0.377. The minimum Gasteiger partial charge on any atom is -0.388 e. The molecule has 0 saturated carbocycles. The van der Waals surface area contributed by atoms with E-state index in [1.54, 1.807) is 18.3 Å². The minimum atomic E-state index is -2.91. The molecule has 19 heavy (non-hydrogen) atoms. The standard InChI is InChI=1S/C14H22O3S2/c1-2-19(16,17)9-5-7-12(15)14-10-11-6-3-4-8-13(11)18-14/h10,12,15H,2-9H2,1H3. The molecule has 1 aliphatic carbocycles. The zero-order chi connectivity index (χ0) is 13.9. The zero-order valence-electron chi connectivity index (χ0n) is 11.4. The second-order valence-electron chi connectivity index (χ2n) is 5.20. The van der Waals surface area contributed by atoms with Crippen molar-refractivity contribution in [2.75, 3.05) is 11.5 Å². The van der Waals surface area contributed by atoms with Crippen molar-refractivity contribution in [2.24, 2.45) is 0 Å². The first-order valence-electron chi connectivity index (χ1n) is 7.02. The number of sulfone groups is 1. The van der Waals surface area contributed by atoms with Crippen LogP contribution in [0.5, 0.6) is 0 Å². The monoisotopic (exact) mass is 302 g/mol. The van der Waals surface area contributed by atoms with Crippen molar-refractivity contribution in [3.8, 4) is 0 Å². The lowest BCUT2D eigenvalue weighted by Crippen LogP contribution is -2.09. The molecule has 1 aromatic rings. The Hall–Kier alpha value is -0.390. The molecule has 1 unspecified atom stereocenters. The summed E-state index contributed by atoms with van der Waals surface area (Å²) in [4.78, 5) is 2.43. The van der Waals surface area contributed by atoms with Crippen LogP contribution in [0, 0.1) is 0 Å². The maximum absolute atomic E-state index is 11.4. The molecule has 1 atom stereocenters. The third-order valence-electron chi connectivity index (χ3n) is 3.72. The molecule has 3 nitrogen and oxygen atoms in total. The largest absolute Gasteiger partial charge is 0.388 e. The highest BCUT2D eigenvalue weighted by Crippen LogP contribution is 2.34. The maximum Gasteiger partial charge on any atom is 0.150 e. The highest BCUT2D eigenvalue weighted by molar-refractivity contribution is 7.91. The van der Waals surface area contributed by atoms with Gasteiger partial charge in [-0.15, -0.1) is 11.3 Å². The summed E-state index contributed by atoms with van der Waals surface area (Å²) >= 11 is 1.71. The van der Waals surface area contributed by atoms with Crippen LogP contribution in [0.15, 0.2) is 6.07 Å². The van der Waals surface area contributed by atoms with E-state index in [-0.39, 0.29) is 11.5 Å². The first-order chi connectivity index (χ1) is 9.02. The number of thiophene rings is 1. The Labute approximate surface area is 119 Å². The van der Waals surface area contributed by atoms with Crippen molar-refractivity contribution in [3.05, 3.63) is 21.4 Å². The van der Waals surface area contributed by atoms with Gasteiger partial charge < -0.3 is 5.11 Å². The Morgan fingerprint density at radius 1 is 1.37 bits per heavy atom. The number of aliphatic hydroxyl groups is 1. The van der Waals surface area contributed by atoms with Crippen LogP contribution >= 0.6 is 11.3 Å². The summed E-state index contributed by atoms with van der Waals surface area (Å²) in [6.07, 6.45) is 5.34. The predicted octanol–water partition coefficient (Wildman–Crippen LogP) is 2.88. The fraction of sp³-hybridized carbons (Fsp3) is 0.714. The second kappa shape index (κ2) is 6.37. The van der Waals surface area contributed by atoms with Gasteiger partial charge in [-0.3, -0.25) is 0 Å². The molecule has 5 heteroatoms. The van der Waals surface area contributed by atoms with Gasteiger partial charge in [0.2, 0.25) is 0 Å². The summed E-state index contributed by atoms with van der Waals surface area (Å²) < 4.78 is 22.8. The Balaban J connectivity index is 1.89. The van der Waals surface area contributed by atoms with Gasteiger partial charge in [0.25, 0.3) is 0 Å². The Bertz CT molecular complexity index is 493. The molecule has 2 rings (SSSR count). The number of hydrogen-bond acceptors (Lipinski definition) is 4. The minimum absolute atomic E-state index is 0.186. The number of rotatable bonds is 6. The molecule has 0 spiro atoms. The van der Waals surface area contributed by atoms with E-state index < -0.39 is 15.9 Å². The summed E-state index contributed by atoms with van der Waals surface area (Å²) in [6, 6.07) is 2.12. The molecule has 1 aliphatic rings. The number of hydrogen-bond donors (Lipinski definition) is 1. The quantitative estimate of drug-likeness (QED) is 0.879. The molecule has 0 aromatic carbocycles. The molecule has 0 radical (unpaired) electrons. The molecule has 1 heterocycles. The lowest BCUT2D eigenvalue weighted by atomic mass is 9.99. The van der Waals surface area contributed by atoms with Crippen molar-refractivity contribution in [3.63, 3.8) is 0 Å². The Morgan fingerprint density at radius 3 is 2.79 bits per heavy atom. The molecular formula is C14H22O3S2. The van der Waals surface area contributed by atoms with Crippen LogP contribution in [-0.2, 0) is 22.7 Å². The Kier molecular flexibility index (Phi) is 5.03. The van der Waals surface area contributed by atoms with E-state index >= 15 is 0 Å². The third-order valence-corrected chi connectivity index (χ3v) is 6.85. The highest BCUT2D eigenvalue weighted by atomic mass is 32.2. The molecule has 0 amide bonds. The van der Waals surface area contributed by atoms with Crippen LogP contribution in [0.2, 0.25) is 0 Å². The SMILES string of the molecule is CCS(=O)(=O)CCCC(O)c1cc2c(s1)CCCC2. The second-order valence-corrected chi connectivity index (χ2v) is 8.84. The lowest BCUT2D eigenvalue weighted by Gasteiger charge is -2.08. The van der Waals surface area contributed by atoms with Crippen molar-refractivity contribution in [1.29, 1.82) is 0 Å². The van der Waals surface area contributed by atoms with E-state index in [0.29, 0.717) is 12.8 Å². The van der Waals surface area contributed by atoms with Crippen LogP contribution in [0.3, 0.4) is 0 Å². The lowest BCUT2D eigenvalue weighted by molar-refractivity contribution is 0.170. The summed E-state index contributed by atoms with van der Waals surface area (Å²) in [5, 5.41) is 10.2. The van der Waals surface area contributed by atoms with Crippen LogP contribution in [0.4, 0.5) is 0 Å². The zero-order valence-corrected chi connectivity index (χ0v) is 13.0. The van der Waals surface area contributed by atoms with E-state index in [1.165, 1.54) is 23.3 Å². The average Bonchev–Trinajstić information content (AvgIpc) is 2.82. The average molecular weight is 302 g/mol. The summed E-state index contributed by atoms with van der Waals surface area (Å²) in [6.45, 7) is 1.67. The van der Waals surface area contributed by atoms with E-state index in [9.17, 15) is 13.5 Å². The van der Waals surface area contributed by atoms with Gasteiger partial charge >= 0.3 is 0 Å². The van der Waals surface area contributed by atoms with Gasteiger partial charge in [0, 0.05) is 15.5 Å². The van der Waals surface area contributed by atoms with E-state index in [0.717, 1.165) is 17.7 Å².